The van der Waals surface area contributed by atoms with Crippen molar-refractivity contribution in [2.24, 2.45) is 0 Å². The zero-order valence-electron chi connectivity index (χ0n) is 11.2. The van der Waals surface area contributed by atoms with Crippen molar-refractivity contribution in [3.8, 4) is 5.69 Å². The average Bonchev–Trinajstić information content (AvgIpc) is 2.77. The van der Waals surface area contributed by atoms with Crippen LogP contribution in [0, 0.1) is 5.82 Å². The van der Waals surface area contributed by atoms with Crippen molar-refractivity contribution in [1.29, 1.82) is 0 Å². The number of rotatable bonds is 2. The number of nitrogen functional groups attached to an aromatic ring is 1. The highest BCUT2D eigenvalue weighted by molar-refractivity contribution is 6.32. The molecule has 1 atom stereocenters. The highest BCUT2D eigenvalue weighted by atomic mass is 35.5. The van der Waals surface area contributed by atoms with Crippen LogP contribution in [-0.4, -0.2) is 14.7 Å². The molecule has 1 unspecified atom stereocenters. The Bertz CT molecular complexity index is 809. The van der Waals surface area contributed by atoms with Gasteiger partial charge in [-0.3, -0.25) is 4.57 Å². The number of aliphatic hydroxyl groups excluding tert-OH is 1. The fourth-order valence-corrected chi connectivity index (χ4v) is 2.58. The van der Waals surface area contributed by atoms with E-state index >= 15 is 0 Å². The molecule has 0 saturated heterocycles. The number of imidazole rings is 1. The number of nitrogens with zero attached hydrogens (tertiary/aromatic N) is 2. The van der Waals surface area contributed by atoms with Crippen LogP contribution in [0.25, 0.3) is 16.7 Å². The molecule has 0 amide bonds. The highest BCUT2D eigenvalue weighted by Crippen LogP contribution is 2.31. The summed E-state index contributed by atoms with van der Waals surface area (Å²) in [5, 5.41) is 10.2. The fourth-order valence-electron chi connectivity index (χ4n) is 2.33. The third kappa shape index (κ3) is 2.24. The van der Waals surface area contributed by atoms with Crippen LogP contribution in [0.15, 0.2) is 36.4 Å². The summed E-state index contributed by atoms with van der Waals surface area (Å²) < 4.78 is 15.7. The number of fused-ring (bicyclic) bond motifs is 1. The van der Waals surface area contributed by atoms with E-state index < -0.39 is 11.9 Å². The van der Waals surface area contributed by atoms with Crippen LogP contribution >= 0.6 is 11.6 Å². The first-order valence-electron chi connectivity index (χ1n) is 6.39. The van der Waals surface area contributed by atoms with Gasteiger partial charge in [0.15, 0.2) is 0 Å². The van der Waals surface area contributed by atoms with Crippen molar-refractivity contribution >= 4 is 28.3 Å². The van der Waals surface area contributed by atoms with Crippen molar-refractivity contribution in [3.05, 3.63) is 53.1 Å². The molecule has 0 radical (unpaired) electrons. The van der Waals surface area contributed by atoms with Crippen molar-refractivity contribution in [1.82, 2.24) is 9.55 Å². The maximum atomic E-state index is 14.2. The lowest BCUT2D eigenvalue weighted by Gasteiger charge is -2.13. The molecule has 0 spiro atoms. The normalized spacial score (nSPS) is 12.8. The molecule has 2 aromatic carbocycles. The third-order valence-corrected chi connectivity index (χ3v) is 3.54. The minimum atomic E-state index is -0.880. The predicted octanol–water partition coefficient (Wildman–Crippen LogP) is 3.45. The van der Waals surface area contributed by atoms with Crippen LogP contribution in [0.3, 0.4) is 0 Å². The highest BCUT2D eigenvalue weighted by Gasteiger charge is 2.20. The number of benzene rings is 2. The van der Waals surface area contributed by atoms with Gasteiger partial charge in [0.25, 0.3) is 0 Å². The van der Waals surface area contributed by atoms with Crippen LogP contribution < -0.4 is 5.73 Å². The van der Waals surface area contributed by atoms with E-state index in [9.17, 15) is 9.50 Å². The second kappa shape index (κ2) is 5.02. The van der Waals surface area contributed by atoms with Gasteiger partial charge in [0.05, 0.1) is 16.1 Å². The first-order valence-corrected chi connectivity index (χ1v) is 6.77. The van der Waals surface area contributed by atoms with Gasteiger partial charge in [0, 0.05) is 5.69 Å². The van der Waals surface area contributed by atoms with Gasteiger partial charge in [-0.05, 0) is 37.3 Å². The SMILES string of the molecule is CC(O)c1nc2cc(N)ccc2n1-c1c(F)cccc1Cl. The van der Waals surface area contributed by atoms with Crippen molar-refractivity contribution in [2.75, 3.05) is 5.73 Å². The van der Waals surface area contributed by atoms with E-state index in [4.69, 9.17) is 17.3 Å². The van der Waals surface area contributed by atoms with Crippen molar-refractivity contribution < 1.29 is 9.50 Å². The number of aliphatic hydroxyl groups is 1. The molecule has 0 aliphatic carbocycles. The third-order valence-electron chi connectivity index (χ3n) is 3.24. The molecular weight excluding hydrogens is 293 g/mol. The summed E-state index contributed by atoms with van der Waals surface area (Å²) in [6.45, 7) is 1.57. The van der Waals surface area contributed by atoms with Gasteiger partial charge in [-0.2, -0.15) is 0 Å². The zero-order valence-corrected chi connectivity index (χ0v) is 12.0. The van der Waals surface area contributed by atoms with Gasteiger partial charge in [-0.15, -0.1) is 0 Å². The summed E-state index contributed by atoms with van der Waals surface area (Å²) in [5.41, 5.74) is 7.67. The minimum absolute atomic E-state index is 0.169. The second-order valence-corrected chi connectivity index (χ2v) is 5.21. The standard InChI is InChI=1S/C15H13ClFN3O/c1-8(21)15-19-12-7-9(18)5-6-13(12)20(15)14-10(16)3-2-4-11(14)17/h2-8,21H,18H2,1H3. The first-order chi connectivity index (χ1) is 9.99. The average molecular weight is 306 g/mol. The lowest BCUT2D eigenvalue weighted by atomic mass is 10.2. The van der Waals surface area contributed by atoms with Crippen molar-refractivity contribution in [2.45, 2.75) is 13.0 Å². The van der Waals surface area contributed by atoms with E-state index in [0.717, 1.165) is 0 Å². The molecule has 3 N–H and O–H groups in total. The van der Waals surface area contributed by atoms with E-state index in [1.165, 1.54) is 16.7 Å². The van der Waals surface area contributed by atoms with Crippen LogP contribution in [-0.2, 0) is 0 Å². The van der Waals surface area contributed by atoms with E-state index in [1.54, 1.807) is 31.2 Å². The van der Waals surface area contributed by atoms with Crippen LogP contribution in [0.2, 0.25) is 5.02 Å². The molecule has 0 aliphatic rings. The Labute approximate surface area is 125 Å². The Morgan fingerprint density at radius 2 is 2.10 bits per heavy atom. The fraction of sp³-hybridized carbons (Fsp3) is 0.133. The molecule has 1 aromatic heterocycles. The number of anilines is 1. The number of aromatic nitrogens is 2. The molecule has 3 aromatic rings. The van der Waals surface area contributed by atoms with Gasteiger partial charge in [-0.25, -0.2) is 9.37 Å². The number of nitrogens with two attached hydrogens (primary N) is 1. The molecule has 6 heteroatoms. The second-order valence-electron chi connectivity index (χ2n) is 4.80. The number of hydrogen-bond acceptors (Lipinski definition) is 3. The van der Waals surface area contributed by atoms with E-state index in [2.05, 4.69) is 4.98 Å². The zero-order chi connectivity index (χ0) is 15.1. The van der Waals surface area contributed by atoms with Crippen LogP contribution in [0.5, 0.6) is 0 Å². The summed E-state index contributed by atoms with van der Waals surface area (Å²) in [4.78, 5) is 4.34. The molecule has 0 aliphatic heterocycles. The van der Waals surface area contributed by atoms with E-state index in [-0.39, 0.29) is 10.7 Å². The van der Waals surface area contributed by atoms with Crippen molar-refractivity contribution in [3.63, 3.8) is 0 Å². The van der Waals surface area contributed by atoms with Crippen LogP contribution in [0.4, 0.5) is 10.1 Å². The summed E-state index contributed by atoms with van der Waals surface area (Å²) in [5.74, 6) is -0.178. The maximum Gasteiger partial charge on any atom is 0.148 e. The summed E-state index contributed by atoms with van der Waals surface area (Å²) in [7, 11) is 0. The summed E-state index contributed by atoms with van der Waals surface area (Å²) in [6, 6.07) is 9.53. The Hall–Kier alpha value is -2.11. The monoisotopic (exact) mass is 305 g/mol. The Morgan fingerprint density at radius 3 is 2.76 bits per heavy atom. The lowest BCUT2D eigenvalue weighted by Crippen LogP contribution is -2.07. The van der Waals surface area contributed by atoms with Gasteiger partial charge >= 0.3 is 0 Å². The van der Waals surface area contributed by atoms with Gasteiger partial charge < -0.3 is 10.8 Å². The first kappa shape index (κ1) is 13.9. The lowest BCUT2D eigenvalue weighted by molar-refractivity contribution is 0.187. The van der Waals surface area contributed by atoms with Gasteiger partial charge in [0.2, 0.25) is 0 Å². The largest absolute Gasteiger partial charge is 0.399 e. The van der Waals surface area contributed by atoms with Gasteiger partial charge in [0.1, 0.15) is 23.4 Å². The summed E-state index contributed by atoms with van der Waals surface area (Å²) in [6.07, 6.45) is -0.880. The van der Waals surface area contributed by atoms with Gasteiger partial charge in [-0.1, -0.05) is 17.7 Å². The smallest absolute Gasteiger partial charge is 0.148 e. The molecular formula is C15H13ClFN3O. The quantitative estimate of drug-likeness (QED) is 0.713. The topological polar surface area (TPSA) is 64.1 Å². The molecule has 108 valence electrons. The maximum absolute atomic E-state index is 14.2. The Morgan fingerprint density at radius 1 is 1.33 bits per heavy atom. The number of hydrogen-bond donors (Lipinski definition) is 2. The van der Waals surface area contributed by atoms with E-state index in [0.29, 0.717) is 22.5 Å². The Kier molecular flexibility index (Phi) is 3.31. The number of para-hydroxylation sites is 1. The molecule has 4 nitrogen and oxygen atoms in total. The molecule has 1 heterocycles. The molecule has 0 fully saturated rings. The molecule has 0 bridgehead atoms. The van der Waals surface area contributed by atoms with E-state index in [1.807, 2.05) is 0 Å². The molecule has 3 rings (SSSR count). The molecule has 21 heavy (non-hydrogen) atoms. The Balaban J connectivity index is 2.42. The minimum Gasteiger partial charge on any atom is -0.399 e. The van der Waals surface area contributed by atoms with Crippen LogP contribution in [0.1, 0.15) is 18.9 Å². The summed E-state index contributed by atoms with van der Waals surface area (Å²) >= 11 is 6.13. The predicted molar refractivity (Wildman–Crippen MR) is 81.1 cm³/mol. The molecule has 0 saturated carbocycles. The number of halogens is 2.